The number of pyridine rings is 1. The van der Waals surface area contributed by atoms with Crippen molar-refractivity contribution < 1.29 is 5.11 Å². The highest BCUT2D eigenvalue weighted by molar-refractivity contribution is 5.59. The molecule has 0 unspecified atom stereocenters. The lowest BCUT2D eigenvalue weighted by Crippen LogP contribution is -2.37. The first-order chi connectivity index (χ1) is 14.7. The second-order valence-electron chi connectivity index (χ2n) is 7.64. The van der Waals surface area contributed by atoms with E-state index in [2.05, 4.69) is 41.4 Å². The molecule has 0 fully saturated rings. The number of aromatic nitrogens is 1. The van der Waals surface area contributed by atoms with Crippen LogP contribution < -0.4 is 4.90 Å². The highest BCUT2D eigenvalue weighted by Crippen LogP contribution is 2.49. The average Bonchev–Trinajstić information content (AvgIpc) is 2.81. The van der Waals surface area contributed by atoms with Crippen LogP contribution in [0.2, 0.25) is 0 Å². The van der Waals surface area contributed by atoms with E-state index < -0.39 is 11.5 Å². The van der Waals surface area contributed by atoms with Crippen LogP contribution in [0, 0.1) is 0 Å². The lowest BCUT2D eigenvalue weighted by atomic mass is 9.64. The number of hydrogen-bond donors (Lipinski definition) is 1. The smallest absolute Gasteiger partial charge is 0.100 e. The molecule has 0 aliphatic rings. The fraction of sp³-hybridized carbons (Fsp3) is 0.148. The van der Waals surface area contributed by atoms with E-state index >= 15 is 0 Å². The molecule has 3 aromatic carbocycles. The highest BCUT2D eigenvalue weighted by atomic mass is 16.3. The molecule has 1 heterocycles. The molecule has 1 aromatic heterocycles. The van der Waals surface area contributed by atoms with Crippen molar-refractivity contribution in [2.45, 2.75) is 11.5 Å². The molecule has 1 N–H and O–H groups in total. The van der Waals surface area contributed by atoms with E-state index in [9.17, 15) is 5.11 Å². The molecule has 0 bridgehead atoms. The van der Waals surface area contributed by atoms with Crippen LogP contribution in [-0.2, 0) is 5.41 Å². The third-order valence-corrected chi connectivity index (χ3v) is 5.70. The van der Waals surface area contributed by atoms with E-state index in [0.29, 0.717) is 0 Å². The van der Waals surface area contributed by atoms with Gasteiger partial charge in [0.2, 0.25) is 0 Å². The van der Waals surface area contributed by atoms with Gasteiger partial charge in [0.15, 0.2) is 0 Å². The second kappa shape index (κ2) is 8.52. The van der Waals surface area contributed by atoms with Crippen LogP contribution in [0.1, 0.15) is 28.4 Å². The molecule has 30 heavy (non-hydrogen) atoms. The van der Waals surface area contributed by atoms with Crippen molar-refractivity contribution in [3.63, 3.8) is 0 Å². The van der Waals surface area contributed by atoms with Crippen LogP contribution in [0.5, 0.6) is 0 Å². The van der Waals surface area contributed by atoms with Gasteiger partial charge in [0.1, 0.15) is 6.10 Å². The lowest BCUT2D eigenvalue weighted by molar-refractivity contribution is 0.122. The Morgan fingerprint density at radius 2 is 1.13 bits per heavy atom. The molecule has 3 heteroatoms. The molecular weight excluding hydrogens is 368 g/mol. The second-order valence-corrected chi connectivity index (χ2v) is 7.64. The Labute approximate surface area is 178 Å². The normalized spacial score (nSPS) is 12.4. The van der Waals surface area contributed by atoms with Gasteiger partial charge in [-0.15, -0.1) is 0 Å². The Morgan fingerprint density at radius 1 is 0.700 bits per heavy atom. The molecule has 4 aromatic rings. The predicted molar refractivity (Wildman–Crippen MR) is 123 cm³/mol. The molecule has 0 aliphatic heterocycles. The summed E-state index contributed by atoms with van der Waals surface area (Å²) in [5, 5.41) is 12.2. The van der Waals surface area contributed by atoms with E-state index in [1.165, 1.54) is 0 Å². The van der Waals surface area contributed by atoms with Gasteiger partial charge in [0, 0.05) is 37.7 Å². The quantitative estimate of drug-likeness (QED) is 0.456. The Bertz CT molecular complexity index is 983. The molecule has 0 saturated carbocycles. The first-order valence-corrected chi connectivity index (χ1v) is 10.1. The molecule has 150 valence electrons. The van der Waals surface area contributed by atoms with E-state index in [0.717, 1.165) is 27.9 Å². The SMILES string of the molecule is CN(C)c1ccncc1[C@H](O)C(c1ccccc1)(c1ccccc1)c1ccccc1. The zero-order valence-electron chi connectivity index (χ0n) is 17.3. The van der Waals surface area contributed by atoms with Crippen molar-refractivity contribution in [1.82, 2.24) is 4.98 Å². The number of rotatable bonds is 6. The van der Waals surface area contributed by atoms with Crippen molar-refractivity contribution in [3.05, 3.63) is 132 Å². The number of anilines is 1. The molecular formula is C27H26N2O. The van der Waals surface area contributed by atoms with Crippen LogP contribution in [0.3, 0.4) is 0 Å². The van der Waals surface area contributed by atoms with Crippen LogP contribution in [0.4, 0.5) is 5.69 Å². The predicted octanol–water partition coefficient (Wildman–Crippen LogP) is 5.22. The summed E-state index contributed by atoms with van der Waals surface area (Å²) in [4.78, 5) is 6.38. The first kappa shape index (κ1) is 19.9. The third kappa shape index (κ3) is 3.38. The summed E-state index contributed by atoms with van der Waals surface area (Å²) < 4.78 is 0. The third-order valence-electron chi connectivity index (χ3n) is 5.70. The van der Waals surface area contributed by atoms with Gasteiger partial charge in [-0.3, -0.25) is 4.98 Å². The Balaban J connectivity index is 2.08. The topological polar surface area (TPSA) is 36.4 Å². The lowest BCUT2D eigenvalue weighted by Gasteiger charge is -2.41. The molecule has 4 rings (SSSR count). The van der Waals surface area contributed by atoms with Gasteiger partial charge in [-0.2, -0.15) is 0 Å². The number of nitrogens with zero attached hydrogens (tertiary/aromatic N) is 2. The maximum atomic E-state index is 12.2. The van der Waals surface area contributed by atoms with Crippen molar-refractivity contribution >= 4 is 5.69 Å². The summed E-state index contributed by atoms with van der Waals surface area (Å²) >= 11 is 0. The summed E-state index contributed by atoms with van der Waals surface area (Å²) in [6.07, 6.45) is 2.69. The van der Waals surface area contributed by atoms with Gasteiger partial charge in [-0.25, -0.2) is 0 Å². The number of benzene rings is 3. The largest absolute Gasteiger partial charge is 0.387 e. The van der Waals surface area contributed by atoms with Crippen LogP contribution >= 0.6 is 0 Å². The van der Waals surface area contributed by atoms with Gasteiger partial charge in [-0.1, -0.05) is 91.0 Å². The molecule has 1 atom stereocenters. The van der Waals surface area contributed by atoms with E-state index in [4.69, 9.17) is 0 Å². The Hall–Kier alpha value is -3.43. The van der Waals surface area contributed by atoms with Crippen molar-refractivity contribution in [1.29, 1.82) is 0 Å². The number of aliphatic hydroxyl groups is 1. The maximum Gasteiger partial charge on any atom is 0.100 e. The summed E-state index contributed by atoms with van der Waals surface area (Å²) in [6.45, 7) is 0. The van der Waals surface area contributed by atoms with Crippen LogP contribution in [-0.4, -0.2) is 24.2 Å². The standard InChI is InChI=1S/C27H26N2O/c1-29(2)25-18-19-28-20-24(25)26(30)27(21-12-6-3-7-13-21,22-14-8-4-9-15-22)23-16-10-5-11-17-23/h3-20,26,30H,1-2H3/t26-/m0/s1. The average molecular weight is 395 g/mol. The minimum atomic E-state index is -0.851. The molecule has 0 saturated heterocycles. The van der Waals surface area contributed by atoms with Crippen molar-refractivity contribution in [3.8, 4) is 0 Å². The molecule has 0 amide bonds. The van der Waals surface area contributed by atoms with Crippen molar-refractivity contribution in [2.24, 2.45) is 0 Å². The minimum absolute atomic E-state index is 0.791. The highest BCUT2D eigenvalue weighted by Gasteiger charge is 2.44. The van der Waals surface area contributed by atoms with Gasteiger partial charge in [0.25, 0.3) is 0 Å². The fourth-order valence-corrected chi connectivity index (χ4v) is 4.33. The molecule has 0 radical (unpaired) electrons. The fourth-order valence-electron chi connectivity index (χ4n) is 4.33. The van der Waals surface area contributed by atoms with Crippen LogP contribution in [0.15, 0.2) is 109 Å². The molecule has 0 aliphatic carbocycles. The molecule has 3 nitrogen and oxygen atoms in total. The van der Waals surface area contributed by atoms with Gasteiger partial charge < -0.3 is 10.0 Å². The summed E-state index contributed by atoms with van der Waals surface area (Å²) in [5.41, 5.74) is 4.04. The maximum absolute atomic E-state index is 12.2. The first-order valence-electron chi connectivity index (χ1n) is 10.1. The van der Waals surface area contributed by atoms with E-state index in [1.54, 1.807) is 12.4 Å². The summed E-state index contributed by atoms with van der Waals surface area (Å²) in [6, 6.07) is 32.7. The van der Waals surface area contributed by atoms with Gasteiger partial charge in [-0.05, 0) is 22.8 Å². The van der Waals surface area contributed by atoms with Gasteiger partial charge in [0.05, 0.1) is 5.41 Å². The zero-order valence-corrected chi connectivity index (χ0v) is 17.3. The van der Waals surface area contributed by atoms with E-state index in [1.807, 2.05) is 79.7 Å². The summed E-state index contributed by atoms with van der Waals surface area (Å²) in [7, 11) is 3.97. The van der Waals surface area contributed by atoms with Crippen molar-refractivity contribution in [2.75, 3.05) is 19.0 Å². The monoisotopic (exact) mass is 394 g/mol. The Morgan fingerprint density at radius 3 is 1.53 bits per heavy atom. The zero-order chi connectivity index (χ0) is 21.0. The van der Waals surface area contributed by atoms with E-state index in [-0.39, 0.29) is 0 Å². The minimum Gasteiger partial charge on any atom is -0.387 e. The summed E-state index contributed by atoms with van der Waals surface area (Å²) in [5.74, 6) is 0. The number of aliphatic hydroxyl groups excluding tert-OH is 1. The molecule has 0 spiro atoms. The van der Waals surface area contributed by atoms with Gasteiger partial charge >= 0.3 is 0 Å². The van der Waals surface area contributed by atoms with Crippen LogP contribution in [0.25, 0.3) is 0 Å². The Kier molecular flexibility index (Phi) is 5.64. The number of hydrogen-bond acceptors (Lipinski definition) is 3.